The maximum atomic E-state index is 13.7. The lowest BCUT2D eigenvalue weighted by atomic mass is 9.70. The second-order valence-corrected chi connectivity index (χ2v) is 10.5. The molecule has 0 unspecified atom stereocenters. The van der Waals surface area contributed by atoms with Crippen molar-refractivity contribution < 1.29 is 4.79 Å². The van der Waals surface area contributed by atoms with E-state index in [4.69, 9.17) is 10.7 Å². The number of hydrogen-bond acceptors (Lipinski definition) is 6. The molecule has 2 N–H and O–H groups in total. The molecule has 0 aliphatic carbocycles. The highest BCUT2D eigenvalue weighted by atomic mass is 32.1. The van der Waals surface area contributed by atoms with Gasteiger partial charge in [0.1, 0.15) is 5.54 Å². The molecule has 1 fully saturated rings. The first-order valence-electron chi connectivity index (χ1n) is 11.9. The summed E-state index contributed by atoms with van der Waals surface area (Å²) in [6.45, 7) is 3.88. The molecule has 1 saturated heterocycles. The number of nitrogens with zero attached hydrogens (tertiary/aromatic N) is 4. The van der Waals surface area contributed by atoms with Crippen LogP contribution in [0.25, 0.3) is 11.1 Å². The first kappa shape index (κ1) is 23.1. The van der Waals surface area contributed by atoms with E-state index in [2.05, 4.69) is 53.6 Å². The highest BCUT2D eigenvalue weighted by Crippen LogP contribution is 2.47. The summed E-state index contributed by atoms with van der Waals surface area (Å²) in [7, 11) is 1.72. The molecule has 0 saturated carbocycles. The Morgan fingerprint density at radius 1 is 1.09 bits per heavy atom. The Kier molecular flexibility index (Phi) is 6.08. The van der Waals surface area contributed by atoms with Gasteiger partial charge in [-0.05, 0) is 72.5 Å². The van der Waals surface area contributed by atoms with Crippen LogP contribution in [-0.2, 0) is 10.3 Å². The average molecular weight is 484 g/mol. The van der Waals surface area contributed by atoms with Crippen LogP contribution in [0.2, 0.25) is 0 Å². The molecule has 1 aromatic heterocycles. The van der Waals surface area contributed by atoms with Gasteiger partial charge in [-0.3, -0.25) is 9.69 Å². The normalized spacial score (nSPS) is 23.2. The summed E-state index contributed by atoms with van der Waals surface area (Å²) in [5, 5.41) is 11.4. The number of amides is 1. The second kappa shape index (κ2) is 9.20. The number of para-hydroxylation sites is 1. The van der Waals surface area contributed by atoms with E-state index in [1.165, 1.54) is 10.6 Å². The van der Waals surface area contributed by atoms with Crippen molar-refractivity contribution in [3.8, 4) is 17.2 Å². The number of nitriles is 1. The van der Waals surface area contributed by atoms with Crippen LogP contribution >= 0.6 is 11.3 Å². The van der Waals surface area contributed by atoms with E-state index in [9.17, 15) is 10.1 Å². The highest BCUT2D eigenvalue weighted by Gasteiger charge is 2.51. The Labute approximate surface area is 210 Å². The molecular formula is C28H29N5OS. The second-order valence-electron chi connectivity index (χ2n) is 9.54. The summed E-state index contributed by atoms with van der Waals surface area (Å²) in [6.07, 6.45) is 1.85. The van der Waals surface area contributed by atoms with Crippen molar-refractivity contribution >= 4 is 28.9 Å². The molecule has 2 aromatic carbocycles. The van der Waals surface area contributed by atoms with Gasteiger partial charge in [-0.25, -0.2) is 4.99 Å². The van der Waals surface area contributed by atoms with Crippen LogP contribution < -0.4 is 10.6 Å². The predicted octanol–water partition coefficient (Wildman–Crippen LogP) is 4.82. The van der Waals surface area contributed by atoms with Crippen LogP contribution in [0.3, 0.4) is 0 Å². The minimum Gasteiger partial charge on any atom is -0.372 e. The first-order chi connectivity index (χ1) is 16.9. The van der Waals surface area contributed by atoms with Crippen molar-refractivity contribution in [2.45, 2.75) is 25.3 Å². The van der Waals surface area contributed by atoms with Crippen molar-refractivity contribution in [1.82, 2.24) is 4.90 Å². The molecule has 6 nitrogen and oxygen atoms in total. The van der Waals surface area contributed by atoms with Crippen molar-refractivity contribution in [3.63, 3.8) is 0 Å². The minimum atomic E-state index is -0.733. The molecule has 2 atom stereocenters. The van der Waals surface area contributed by atoms with Gasteiger partial charge in [-0.2, -0.15) is 5.26 Å². The van der Waals surface area contributed by atoms with E-state index in [-0.39, 0.29) is 23.7 Å². The number of benzene rings is 2. The predicted molar refractivity (Wildman–Crippen MR) is 141 cm³/mol. The Balaban J connectivity index is 1.46. The molecule has 0 bridgehead atoms. The molecule has 178 valence electrons. The number of piperidine rings is 1. The van der Waals surface area contributed by atoms with Crippen LogP contribution in [0.5, 0.6) is 0 Å². The molecule has 2 aliphatic rings. The van der Waals surface area contributed by atoms with Gasteiger partial charge in [0.25, 0.3) is 0 Å². The third-order valence-corrected chi connectivity index (χ3v) is 8.61. The smallest absolute Gasteiger partial charge is 0.235 e. The molecule has 3 aromatic rings. The summed E-state index contributed by atoms with van der Waals surface area (Å²) in [4.78, 5) is 23.5. The lowest BCUT2D eigenvalue weighted by Crippen LogP contribution is -2.56. The standard InChI is InChI=1S/C28H29N5OS/c1-28(24-16-22(18-35-24)21-8-6-7-19(15-21)17-29)25(26(34)32(2)27(30)31-28)20-11-13-33(14-12-20)23-9-4-3-5-10-23/h3-10,15-16,18,20,25H,11-14H2,1-2H3,(H2,30,31)/t25-,28-/m1/s1. The van der Waals surface area contributed by atoms with Crippen molar-refractivity contribution in [3.05, 3.63) is 76.5 Å². The van der Waals surface area contributed by atoms with E-state index in [1.54, 1.807) is 24.5 Å². The summed E-state index contributed by atoms with van der Waals surface area (Å²) in [6, 6.07) is 22.4. The molecule has 5 rings (SSSR count). The number of aliphatic imine (C=N–C) groups is 1. The highest BCUT2D eigenvalue weighted by molar-refractivity contribution is 7.10. The van der Waals surface area contributed by atoms with Crippen molar-refractivity contribution in [2.75, 3.05) is 25.0 Å². The molecule has 3 heterocycles. The number of anilines is 1. The van der Waals surface area contributed by atoms with Gasteiger partial charge in [-0.1, -0.05) is 30.3 Å². The maximum Gasteiger partial charge on any atom is 0.235 e. The molecule has 7 heteroatoms. The molecule has 1 amide bonds. The number of thiophene rings is 1. The quantitative estimate of drug-likeness (QED) is 0.576. The van der Waals surface area contributed by atoms with Gasteiger partial charge >= 0.3 is 0 Å². The Hall–Kier alpha value is -3.63. The molecule has 2 aliphatic heterocycles. The molecule has 35 heavy (non-hydrogen) atoms. The fourth-order valence-corrected chi connectivity index (χ4v) is 6.53. The fourth-order valence-electron chi connectivity index (χ4n) is 5.46. The van der Waals surface area contributed by atoms with Crippen LogP contribution in [0.1, 0.15) is 30.2 Å². The van der Waals surface area contributed by atoms with Crippen LogP contribution in [0.15, 0.2) is 71.0 Å². The Morgan fingerprint density at radius 2 is 1.83 bits per heavy atom. The number of nitrogens with two attached hydrogens (primary N) is 1. The monoisotopic (exact) mass is 483 g/mol. The largest absolute Gasteiger partial charge is 0.372 e. The number of carbonyl (C=O) groups is 1. The van der Waals surface area contributed by atoms with E-state index in [0.29, 0.717) is 5.56 Å². The zero-order valence-corrected chi connectivity index (χ0v) is 20.8. The Bertz CT molecular complexity index is 1300. The van der Waals surface area contributed by atoms with Crippen LogP contribution in [-0.4, -0.2) is 36.9 Å². The maximum absolute atomic E-state index is 13.7. The molecular weight excluding hydrogens is 454 g/mol. The van der Waals surface area contributed by atoms with Gasteiger partial charge in [0.2, 0.25) is 5.91 Å². The van der Waals surface area contributed by atoms with Crippen LogP contribution in [0, 0.1) is 23.2 Å². The topological polar surface area (TPSA) is 85.7 Å². The molecule has 0 spiro atoms. The number of hydrogen-bond donors (Lipinski definition) is 1. The number of carbonyl (C=O) groups excluding carboxylic acids is 1. The van der Waals surface area contributed by atoms with E-state index >= 15 is 0 Å². The summed E-state index contributed by atoms with van der Waals surface area (Å²) in [5.41, 5.74) is 9.38. The van der Waals surface area contributed by atoms with Gasteiger partial charge in [0.05, 0.1) is 17.6 Å². The summed E-state index contributed by atoms with van der Waals surface area (Å²) < 4.78 is 0. The zero-order valence-electron chi connectivity index (χ0n) is 20.0. The fraction of sp³-hybridized carbons (Fsp3) is 0.321. The Morgan fingerprint density at radius 3 is 2.54 bits per heavy atom. The molecule has 0 radical (unpaired) electrons. The summed E-state index contributed by atoms with van der Waals surface area (Å²) in [5.74, 6) is 0.227. The van der Waals surface area contributed by atoms with Crippen molar-refractivity contribution in [2.24, 2.45) is 22.6 Å². The SMILES string of the molecule is CN1C(=O)[C@@H](C2CCN(c3ccccc3)CC2)[C@@](C)(c2cc(-c3cccc(C#N)c3)cs2)N=C1N. The first-order valence-corrected chi connectivity index (χ1v) is 12.8. The van der Waals surface area contributed by atoms with Gasteiger partial charge in [-0.15, -0.1) is 11.3 Å². The third-order valence-electron chi connectivity index (χ3n) is 7.45. The van der Waals surface area contributed by atoms with Gasteiger partial charge in [0, 0.05) is 30.7 Å². The van der Waals surface area contributed by atoms with E-state index < -0.39 is 5.54 Å². The average Bonchev–Trinajstić information content (AvgIpc) is 3.40. The van der Waals surface area contributed by atoms with Crippen LogP contribution in [0.4, 0.5) is 5.69 Å². The number of guanidine groups is 1. The minimum absolute atomic E-state index is 0.0413. The van der Waals surface area contributed by atoms with Gasteiger partial charge in [0.15, 0.2) is 5.96 Å². The summed E-state index contributed by atoms with van der Waals surface area (Å²) >= 11 is 1.61. The van der Waals surface area contributed by atoms with E-state index in [0.717, 1.165) is 41.9 Å². The third kappa shape index (κ3) is 4.19. The van der Waals surface area contributed by atoms with Crippen molar-refractivity contribution in [1.29, 1.82) is 5.26 Å². The zero-order chi connectivity index (χ0) is 24.6. The van der Waals surface area contributed by atoms with Gasteiger partial charge < -0.3 is 10.6 Å². The van der Waals surface area contributed by atoms with E-state index in [1.807, 2.05) is 24.3 Å². The lowest BCUT2D eigenvalue weighted by molar-refractivity contribution is -0.136. The lowest BCUT2D eigenvalue weighted by Gasteiger charge is -2.46. The number of rotatable bonds is 4.